The summed E-state index contributed by atoms with van der Waals surface area (Å²) in [6, 6.07) is 0. The first-order valence-electron chi connectivity index (χ1n) is 12.4. The van der Waals surface area contributed by atoms with Crippen LogP contribution in [-0.2, 0) is 26.1 Å². The molecule has 3 rings (SSSR count). The molecule has 0 radical (unpaired) electrons. The molecule has 2 aliphatic rings. The van der Waals surface area contributed by atoms with Crippen molar-refractivity contribution < 1.29 is 19.1 Å². The fraction of sp³-hybridized carbons (Fsp3) is 0.667. The molecule has 1 heterocycles. The Balaban J connectivity index is 1.76. The van der Waals surface area contributed by atoms with Gasteiger partial charge in [0, 0.05) is 26.2 Å². The van der Waals surface area contributed by atoms with Crippen LogP contribution < -0.4 is 0 Å². The summed E-state index contributed by atoms with van der Waals surface area (Å²) in [6.07, 6.45) is 15.4. The summed E-state index contributed by atoms with van der Waals surface area (Å²) in [5.41, 5.74) is 2.12. The van der Waals surface area contributed by atoms with Gasteiger partial charge in [-0.25, -0.2) is 9.78 Å². The van der Waals surface area contributed by atoms with Crippen LogP contribution in [0.4, 0.5) is 0 Å². The topological polar surface area (TPSA) is 70.4 Å². The van der Waals surface area contributed by atoms with Gasteiger partial charge in [0.05, 0.1) is 12.0 Å². The van der Waals surface area contributed by atoms with E-state index in [1.165, 1.54) is 18.6 Å². The van der Waals surface area contributed by atoms with Crippen LogP contribution in [0.1, 0.15) is 78.3 Å². The fourth-order valence-corrected chi connectivity index (χ4v) is 5.64. The number of imidazole rings is 1. The smallest absolute Gasteiger partial charge is 0.331 e. The molecular weight excluding hydrogens is 416 g/mol. The van der Waals surface area contributed by atoms with Crippen molar-refractivity contribution in [3.63, 3.8) is 0 Å². The summed E-state index contributed by atoms with van der Waals surface area (Å²) in [4.78, 5) is 28.6. The van der Waals surface area contributed by atoms with Gasteiger partial charge < -0.3 is 14.0 Å². The molecule has 6 nitrogen and oxygen atoms in total. The van der Waals surface area contributed by atoms with E-state index in [0.29, 0.717) is 23.7 Å². The van der Waals surface area contributed by atoms with Crippen LogP contribution in [0.5, 0.6) is 0 Å². The van der Waals surface area contributed by atoms with Crippen molar-refractivity contribution in [1.29, 1.82) is 0 Å². The van der Waals surface area contributed by atoms with Gasteiger partial charge in [-0.15, -0.1) is 0 Å². The van der Waals surface area contributed by atoms with Gasteiger partial charge in [0.25, 0.3) is 0 Å². The Hall–Kier alpha value is -2.37. The number of esters is 2. The van der Waals surface area contributed by atoms with Crippen LogP contribution in [-0.4, -0.2) is 33.7 Å². The maximum atomic E-state index is 12.6. The first-order valence-corrected chi connectivity index (χ1v) is 12.4. The molecule has 182 valence electrons. The van der Waals surface area contributed by atoms with E-state index in [9.17, 15) is 9.59 Å². The van der Waals surface area contributed by atoms with Crippen molar-refractivity contribution in [2.75, 3.05) is 0 Å². The molecule has 1 saturated carbocycles. The van der Waals surface area contributed by atoms with Crippen LogP contribution in [0.15, 0.2) is 30.2 Å². The van der Waals surface area contributed by atoms with E-state index in [1.54, 1.807) is 12.4 Å². The minimum Gasteiger partial charge on any atom is -0.463 e. The number of rotatable bonds is 5. The number of hydrogen-bond acceptors (Lipinski definition) is 5. The Morgan fingerprint density at radius 1 is 1.15 bits per heavy atom. The van der Waals surface area contributed by atoms with E-state index >= 15 is 0 Å². The van der Waals surface area contributed by atoms with Gasteiger partial charge >= 0.3 is 11.9 Å². The monoisotopic (exact) mass is 456 g/mol. The van der Waals surface area contributed by atoms with Crippen molar-refractivity contribution in [1.82, 2.24) is 9.55 Å². The first-order chi connectivity index (χ1) is 15.7. The predicted octanol–water partition coefficient (Wildman–Crippen LogP) is 5.49. The minimum atomic E-state index is -0.310. The highest BCUT2D eigenvalue weighted by molar-refractivity contribution is 5.86. The Labute approximate surface area is 198 Å². The fourth-order valence-electron chi connectivity index (χ4n) is 5.64. The molecule has 0 spiro atoms. The third kappa shape index (κ3) is 7.31. The zero-order valence-electron chi connectivity index (χ0n) is 20.8. The summed E-state index contributed by atoms with van der Waals surface area (Å²) in [6.45, 7) is 8.29. The molecule has 0 N–H and O–H groups in total. The van der Waals surface area contributed by atoms with Gasteiger partial charge in [-0.1, -0.05) is 25.5 Å². The van der Waals surface area contributed by atoms with Crippen molar-refractivity contribution in [3.05, 3.63) is 35.9 Å². The number of hydrogen-bond donors (Lipinski definition) is 0. The third-order valence-electron chi connectivity index (χ3n) is 7.30. The maximum Gasteiger partial charge on any atom is 0.331 e. The Morgan fingerprint density at radius 3 is 2.45 bits per heavy atom. The zero-order valence-corrected chi connectivity index (χ0v) is 20.8. The molecule has 0 aromatic carbocycles. The second-order valence-corrected chi connectivity index (χ2v) is 10.2. The number of aryl methyl sites for hydroxylation is 1. The SMILES string of the molecule is CC(=O)O[C@@H]1CCCC[C@@H](OC(=O)/C=C/c2cn(C)cn2)C[C@H]2C(C)=CC[C@H](C(C)C)[C@H]2C1. The number of aromatic nitrogens is 2. The van der Waals surface area contributed by atoms with Crippen molar-refractivity contribution in [3.8, 4) is 0 Å². The summed E-state index contributed by atoms with van der Waals surface area (Å²) >= 11 is 0. The average molecular weight is 457 g/mol. The Morgan fingerprint density at radius 2 is 1.85 bits per heavy atom. The number of nitrogens with zero attached hydrogens (tertiary/aromatic N) is 2. The minimum absolute atomic E-state index is 0.0254. The molecule has 0 saturated heterocycles. The Kier molecular flexibility index (Phi) is 8.93. The van der Waals surface area contributed by atoms with E-state index in [4.69, 9.17) is 9.47 Å². The molecular formula is C27H40N2O4. The van der Waals surface area contributed by atoms with E-state index in [1.807, 2.05) is 17.8 Å². The number of fused-ring (bicyclic) bond motifs is 1. The summed E-state index contributed by atoms with van der Waals surface area (Å²) in [5.74, 6) is 1.34. The standard InChI is InChI=1S/C27H40N2O4/c1-18(2)24-12-10-19(3)25-14-23(33-27(31)13-11-21-16-29(5)17-28-21)9-7-6-8-22(15-26(24)25)32-20(4)30/h10-11,13,16-18,22-26H,6-9,12,14-15H2,1-5H3/b13-11+/t22-,23-,24-,25+,26-/m1/s1. The van der Waals surface area contributed by atoms with Gasteiger partial charge in [-0.2, -0.15) is 0 Å². The molecule has 1 aromatic heterocycles. The first kappa shape index (κ1) is 25.3. The van der Waals surface area contributed by atoms with Crippen molar-refractivity contribution >= 4 is 18.0 Å². The number of allylic oxidation sites excluding steroid dienone is 2. The van der Waals surface area contributed by atoms with Gasteiger partial charge in [0.1, 0.15) is 12.2 Å². The highest BCUT2D eigenvalue weighted by Gasteiger charge is 2.39. The Bertz CT molecular complexity index is 869. The van der Waals surface area contributed by atoms with Gasteiger partial charge in [0.2, 0.25) is 0 Å². The molecule has 0 amide bonds. The summed E-state index contributed by atoms with van der Waals surface area (Å²) in [5, 5.41) is 0. The van der Waals surface area contributed by atoms with E-state index in [2.05, 4.69) is 31.8 Å². The largest absolute Gasteiger partial charge is 0.463 e. The normalized spacial score (nSPS) is 28.8. The number of carbonyl (C=O) groups is 2. The molecule has 1 aromatic rings. The summed E-state index contributed by atoms with van der Waals surface area (Å²) < 4.78 is 13.6. The lowest BCUT2D eigenvalue weighted by Gasteiger charge is -2.43. The lowest BCUT2D eigenvalue weighted by molar-refractivity contribution is -0.150. The van der Waals surface area contributed by atoms with E-state index in [0.717, 1.165) is 50.6 Å². The molecule has 0 unspecified atom stereocenters. The van der Waals surface area contributed by atoms with Gasteiger partial charge in [0.15, 0.2) is 0 Å². The summed E-state index contributed by atoms with van der Waals surface area (Å²) in [7, 11) is 1.90. The average Bonchev–Trinajstić information content (AvgIpc) is 3.16. The van der Waals surface area contributed by atoms with E-state index in [-0.39, 0.29) is 24.1 Å². The lowest BCUT2D eigenvalue weighted by atomic mass is 9.64. The number of carbonyl (C=O) groups excluding carboxylic acids is 2. The maximum absolute atomic E-state index is 12.6. The molecule has 1 fully saturated rings. The van der Waals surface area contributed by atoms with E-state index < -0.39 is 0 Å². The molecule has 0 bridgehead atoms. The molecule has 5 atom stereocenters. The van der Waals surface area contributed by atoms with Crippen LogP contribution >= 0.6 is 0 Å². The van der Waals surface area contributed by atoms with Crippen LogP contribution in [0.3, 0.4) is 0 Å². The van der Waals surface area contributed by atoms with Crippen molar-refractivity contribution in [2.24, 2.45) is 30.7 Å². The number of ether oxygens (including phenoxy) is 2. The highest BCUT2D eigenvalue weighted by Crippen LogP contribution is 2.45. The van der Waals surface area contributed by atoms with Gasteiger partial charge in [-0.3, -0.25) is 4.79 Å². The van der Waals surface area contributed by atoms with Crippen molar-refractivity contribution in [2.45, 2.75) is 84.8 Å². The second kappa shape index (κ2) is 11.7. The molecule has 33 heavy (non-hydrogen) atoms. The quantitative estimate of drug-likeness (QED) is 0.333. The molecule has 6 heteroatoms. The van der Waals surface area contributed by atoms with Crippen LogP contribution in [0, 0.1) is 23.7 Å². The van der Waals surface area contributed by atoms with Gasteiger partial charge in [-0.05, 0) is 81.6 Å². The third-order valence-corrected chi connectivity index (χ3v) is 7.30. The van der Waals surface area contributed by atoms with Crippen LogP contribution in [0.2, 0.25) is 0 Å². The highest BCUT2D eigenvalue weighted by atomic mass is 16.5. The predicted molar refractivity (Wildman–Crippen MR) is 129 cm³/mol. The van der Waals surface area contributed by atoms with Crippen LogP contribution in [0.25, 0.3) is 6.08 Å². The zero-order chi connectivity index (χ0) is 24.0. The molecule has 0 aliphatic heterocycles. The lowest BCUT2D eigenvalue weighted by Crippen LogP contribution is -2.37. The second-order valence-electron chi connectivity index (χ2n) is 10.2. The molecule has 2 aliphatic carbocycles.